The number of rotatable bonds is 3. The van der Waals surface area contributed by atoms with Crippen LogP contribution in [0, 0.1) is 0 Å². The average molecular weight is 461 g/mol. The normalized spacial score (nSPS) is 20.8. The van der Waals surface area contributed by atoms with Crippen molar-refractivity contribution >= 4 is 23.4 Å². The molecule has 4 rings (SSSR count). The van der Waals surface area contributed by atoms with E-state index in [2.05, 4.69) is 15.9 Å². The minimum atomic E-state index is -0.465. The number of piperazine rings is 1. The summed E-state index contributed by atoms with van der Waals surface area (Å²) in [6.45, 7) is 11.4. The lowest BCUT2D eigenvalue weighted by Crippen LogP contribution is -2.74. The molecule has 2 amide bonds. The van der Waals surface area contributed by atoms with Gasteiger partial charge < -0.3 is 19.4 Å². The molecular weight excluding hydrogens is 422 g/mol. The van der Waals surface area contributed by atoms with E-state index >= 15 is 0 Å². The number of nitrogens with zero attached hydrogens (tertiary/aromatic N) is 4. The zero-order chi connectivity index (χ0) is 23.8. The second-order valence-electron chi connectivity index (χ2n) is 10.4. The van der Waals surface area contributed by atoms with Crippen molar-refractivity contribution in [1.82, 2.24) is 14.7 Å². The van der Waals surface area contributed by atoms with E-state index < -0.39 is 5.60 Å². The third-order valence-electron chi connectivity index (χ3n) is 7.00. The lowest BCUT2D eigenvalue weighted by atomic mass is 9.93. The quantitative estimate of drug-likeness (QED) is 0.524. The van der Waals surface area contributed by atoms with Gasteiger partial charge in [-0.05, 0) is 51.7 Å². The van der Waals surface area contributed by atoms with Gasteiger partial charge in [0.1, 0.15) is 11.2 Å². The van der Waals surface area contributed by atoms with E-state index in [1.807, 2.05) is 38.8 Å². The molecule has 3 heterocycles. The predicted molar refractivity (Wildman–Crippen MR) is 125 cm³/mol. The minimum absolute atomic E-state index is 0.0175. The molecule has 182 valence electrons. The molecule has 0 unspecified atom stereocenters. The summed E-state index contributed by atoms with van der Waals surface area (Å²) in [6, 6.07) is 4.42. The highest BCUT2D eigenvalue weighted by Crippen LogP contribution is 2.34. The number of anilines is 1. The molecule has 0 aromatic heterocycles. The van der Waals surface area contributed by atoms with Crippen molar-refractivity contribution in [3.63, 3.8) is 0 Å². The molecule has 1 aromatic rings. The number of hydrogen-bond acceptors (Lipinski definition) is 6. The van der Waals surface area contributed by atoms with E-state index in [9.17, 15) is 14.8 Å². The Balaban J connectivity index is 1.36. The largest absolute Gasteiger partial charge is 0.444 e. The van der Waals surface area contributed by atoms with E-state index in [4.69, 9.17) is 4.74 Å². The van der Waals surface area contributed by atoms with Crippen LogP contribution in [-0.4, -0.2) is 96.4 Å². The molecule has 3 aliphatic rings. The highest BCUT2D eigenvalue weighted by molar-refractivity contribution is 6.02. The maximum Gasteiger partial charge on any atom is 0.410 e. The first-order chi connectivity index (χ1) is 15.7. The van der Waals surface area contributed by atoms with Crippen LogP contribution in [0.4, 0.5) is 16.2 Å². The number of hydrogen-bond donors (Lipinski definition) is 2. The molecule has 0 bridgehead atoms. The monoisotopic (exact) mass is 460 g/mol. The Morgan fingerprint density at radius 2 is 1.73 bits per heavy atom. The number of benzene rings is 1. The van der Waals surface area contributed by atoms with Crippen LogP contribution in [0.2, 0.25) is 0 Å². The molecule has 2 fully saturated rings. The van der Waals surface area contributed by atoms with Crippen molar-refractivity contribution in [2.45, 2.75) is 51.7 Å². The van der Waals surface area contributed by atoms with Gasteiger partial charge in [-0.3, -0.25) is 9.69 Å². The van der Waals surface area contributed by atoms with Crippen molar-refractivity contribution in [3.8, 4) is 0 Å². The number of likely N-dealkylation sites (N-methyl/N-ethyl adjacent to an activating group) is 1. The lowest BCUT2D eigenvalue weighted by Gasteiger charge is -2.43. The SMILES string of the molecule is CN1CCc2c(N3CCC(N4CCN(C(=O)OC(C)(C)C)CC4)CC3)ccc([NH2+]O)c2C1=O. The van der Waals surface area contributed by atoms with Crippen LogP contribution in [0.15, 0.2) is 12.1 Å². The van der Waals surface area contributed by atoms with Crippen molar-refractivity contribution in [1.29, 1.82) is 0 Å². The van der Waals surface area contributed by atoms with Gasteiger partial charge in [-0.1, -0.05) is 0 Å². The summed E-state index contributed by atoms with van der Waals surface area (Å²) in [5.41, 5.74) is 4.01. The molecule has 33 heavy (non-hydrogen) atoms. The van der Waals surface area contributed by atoms with Gasteiger partial charge in [-0.2, -0.15) is 5.48 Å². The van der Waals surface area contributed by atoms with Crippen LogP contribution in [0.1, 0.15) is 49.5 Å². The Labute approximate surface area is 196 Å². The molecule has 0 atom stereocenters. The average Bonchev–Trinajstić information content (AvgIpc) is 2.80. The van der Waals surface area contributed by atoms with Crippen LogP contribution in [0.3, 0.4) is 0 Å². The van der Waals surface area contributed by atoms with Gasteiger partial charge in [0.2, 0.25) is 0 Å². The van der Waals surface area contributed by atoms with Crippen LogP contribution in [0.25, 0.3) is 0 Å². The lowest BCUT2D eigenvalue weighted by molar-refractivity contribution is -0.825. The number of nitrogens with two attached hydrogens (primary N) is 1. The number of fused-ring (bicyclic) bond motifs is 1. The van der Waals surface area contributed by atoms with Crippen LogP contribution >= 0.6 is 0 Å². The fourth-order valence-electron chi connectivity index (χ4n) is 5.20. The Morgan fingerprint density at radius 3 is 2.33 bits per heavy atom. The van der Waals surface area contributed by atoms with Gasteiger partial charge in [0, 0.05) is 70.7 Å². The molecule has 0 saturated carbocycles. The van der Waals surface area contributed by atoms with Gasteiger partial charge in [-0.15, -0.1) is 0 Å². The molecule has 9 heteroatoms. The molecule has 3 aliphatic heterocycles. The number of carbonyl (C=O) groups excluding carboxylic acids is 2. The summed E-state index contributed by atoms with van der Waals surface area (Å²) in [5.74, 6) is -0.0175. The zero-order valence-corrected chi connectivity index (χ0v) is 20.3. The number of quaternary nitrogens is 1. The summed E-state index contributed by atoms with van der Waals surface area (Å²) in [4.78, 5) is 33.6. The van der Waals surface area contributed by atoms with E-state index in [1.165, 1.54) is 0 Å². The summed E-state index contributed by atoms with van der Waals surface area (Å²) in [6.07, 6.45) is 2.71. The maximum atomic E-state index is 12.8. The molecular formula is C24H38N5O4+. The predicted octanol–water partition coefficient (Wildman–Crippen LogP) is 1.42. The smallest absolute Gasteiger partial charge is 0.410 e. The standard InChI is InChI=1S/C24H37N5O4/c1-24(2,3)33-23(31)29-15-13-27(14-16-29)17-7-11-28(12-8-17)20-6-5-19(25-32)21-18(20)9-10-26(4)22(21)30/h5-6,17,25,32H,7-16H2,1-4H3/p+1. The van der Waals surface area contributed by atoms with Gasteiger partial charge in [0.05, 0.1) is 0 Å². The van der Waals surface area contributed by atoms with E-state index in [-0.39, 0.29) is 12.0 Å². The van der Waals surface area contributed by atoms with Gasteiger partial charge >= 0.3 is 6.09 Å². The first kappa shape index (κ1) is 23.8. The van der Waals surface area contributed by atoms with Crippen molar-refractivity contribution in [3.05, 3.63) is 23.3 Å². The highest BCUT2D eigenvalue weighted by atomic mass is 16.6. The molecule has 0 spiro atoms. The topological polar surface area (TPSA) is 93.2 Å². The molecule has 0 radical (unpaired) electrons. The third-order valence-corrected chi connectivity index (χ3v) is 7.00. The molecule has 1 aromatic carbocycles. The Hall–Kier alpha value is -2.36. The summed E-state index contributed by atoms with van der Waals surface area (Å²) < 4.78 is 5.51. The summed E-state index contributed by atoms with van der Waals surface area (Å²) in [5, 5.41) is 9.64. The molecule has 9 nitrogen and oxygen atoms in total. The summed E-state index contributed by atoms with van der Waals surface area (Å²) >= 11 is 0. The highest BCUT2D eigenvalue weighted by Gasteiger charge is 2.34. The zero-order valence-electron chi connectivity index (χ0n) is 20.3. The Kier molecular flexibility index (Phi) is 6.83. The van der Waals surface area contributed by atoms with Crippen LogP contribution in [0.5, 0.6) is 0 Å². The van der Waals surface area contributed by atoms with E-state index in [0.29, 0.717) is 36.9 Å². The fraction of sp³-hybridized carbons (Fsp3) is 0.667. The third kappa shape index (κ3) is 5.10. The van der Waals surface area contributed by atoms with E-state index in [1.54, 1.807) is 4.90 Å². The number of piperidine rings is 1. The van der Waals surface area contributed by atoms with Crippen molar-refractivity contribution < 1.29 is 25.0 Å². The maximum absolute atomic E-state index is 12.8. The number of amides is 2. The first-order valence-corrected chi connectivity index (χ1v) is 12.0. The Bertz CT molecular complexity index is 884. The first-order valence-electron chi connectivity index (χ1n) is 12.0. The molecule has 2 saturated heterocycles. The number of ether oxygens (including phenoxy) is 1. The molecule has 0 aliphatic carbocycles. The van der Waals surface area contributed by atoms with E-state index in [0.717, 1.165) is 62.2 Å². The van der Waals surface area contributed by atoms with Gasteiger partial charge in [0.25, 0.3) is 5.91 Å². The molecule has 3 N–H and O–H groups in total. The Morgan fingerprint density at radius 1 is 1.06 bits per heavy atom. The second kappa shape index (κ2) is 9.48. The minimum Gasteiger partial charge on any atom is -0.444 e. The van der Waals surface area contributed by atoms with Crippen molar-refractivity contribution in [2.75, 3.05) is 57.8 Å². The van der Waals surface area contributed by atoms with Gasteiger partial charge in [0.15, 0.2) is 5.69 Å². The van der Waals surface area contributed by atoms with Crippen LogP contribution < -0.4 is 10.4 Å². The van der Waals surface area contributed by atoms with Gasteiger partial charge in [-0.25, -0.2) is 10.0 Å². The fourth-order valence-corrected chi connectivity index (χ4v) is 5.20. The second-order valence-corrected chi connectivity index (χ2v) is 10.4. The number of carbonyl (C=O) groups is 2. The van der Waals surface area contributed by atoms with Crippen LogP contribution in [-0.2, 0) is 11.2 Å². The van der Waals surface area contributed by atoms with Crippen molar-refractivity contribution in [2.24, 2.45) is 0 Å². The summed E-state index contributed by atoms with van der Waals surface area (Å²) in [7, 11) is 1.81.